The average molecular weight is 229 g/mol. The Hall–Kier alpha value is -2.30. The Bertz CT molecular complexity index is 514. The highest BCUT2D eigenvalue weighted by atomic mass is 16.4. The van der Waals surface area contributed by atoms with Crippen molar-refractivity contribution < 1.29 is 9.90 Å². The van der Waals surface area contributed by atoms with Crippen LogP contribution in [0.5, 0.6) is 0 Å². The molecule has 2 rings (SSSR count). The summed E-state index contributed by atoms with van der Waals surface area (Å²) < 4.78 is 0. The minimum absolute atomic E-state index is 0.0729. The molecule has 2 heterocycles. The van der Waals surface area contributed by atoms with Crippen molar-refractivity contribution in [3.05, 3.63) is 42.5 Å². The summed E-state index contributed by atoms with van der Waals surface area (Å²) in [5.41, 5.74) is 1.55. The molecule has 5 nitrogen and oxygen atoms in total. The zero-order valence-electron chi connectivity index (χ0n) is 9.08. The summed E-state index contributed by atoms with van der Waals surface area (Å²) in [4.78, 5) is 22.9. The summed E-state index contributed by atoms with van der Waals surface area (Å²) in [6.45, 7) is 0. The number of aromatic nitrogens is 3. The van der Waals surface area contributed by atoms with Crippen molar-refractivity contribution in [1.29, 1.82) is 0 Å². The number of aryl methyl sites for hydroxylation is 1. The van der Waals surface area contributed by atoms with E-state index < -0.39 is 5.97 Å². The quantitative estimate of drug-likeness (QED) is 0.860. The van der Waals surface area contributed by atoms with Crippen molar-refractivity contribution >= 4 is 5.97 Å². The third-order valence-corrected chi connectivity index (χ3v) is 2.23. The van der Waals surface area contributed by atoms with Gasteiger partial charge < -0.3 is 5.11 Å². The van der Waals surface area contributed by atoms with Crippen molar-refractivity contribution in [2.24, 2.45) is 0 Å². The predicted molar refractivity (Wildman–Crippen MR) is 61.2 cm³/mol. The van der Waals surface area contributed by atoms with Crippen LogP contribution in [0.4, 0.5) is 0 Å². The maximum Gasteiger partial charge on any atom is 0.303 e. The molecule has 0 radical (unpaired) electrons. The monoisotopic (exact) mass is 229 g/mol. The van der Waals surface area contributed by atoms with E-state index in [-0.39, 0.29) is 6.42 Å². The molecule has 5 heteroatoms. The molecule has 0 bridgehead atoms. The van der Waals surface area contributed by atoms with Crippen LogP contribution in [0.1, 0.15) is 12.1 Å². The Balaban J connectivity index is 2.20. The van der Waals surface area contributed by atoms with Crippen LogP contribution < -0.4 is 0 Å². The molecule has 0 spiro atoms. The van der Waals surface area contributed by atoms with Gasteiger partial charge in [-0.05, 0) is 18.2 Å². The Morgan fingerprint density at radius 2 is 2.18 bits per heavy atom. The number of aliphatic carboxylic acids is 1. The Morgan fingerprint density at radius 3 is 2.88 bits per heavy atom. The van der Waals surface area contributed by atoms with Gasteiger partial charge in [0.25, 0.3) is 0 Å². The summed E-state index contributed by atoms with van der Waals surface area (Å²) in [7, 11) is 0. The molecule has 0 unspecified atom stereocenters. The van der Waals surface area contributed by atoms with E-state index in [2.05, 4.69) is 15.0 Å². The molecule has 0 saturated heterocycles. The van der Waals surface area contributed by atoms with Gasteiger partial charge in [-0.3, -0.25) is 9.78 Å². The molecule has 17 heavy (non-hydrogen) atoms. The molecule has 0 saturated carbocycles. The highest BCUT2D eigenvalue weighted by Gasteiger charge is 2.04. The van der Waals surface area contributed by atoms with E-state index in [4.69, 9.17) is 5.11 Å². The molecule has 0 aliphatic heterocycles. The minimum Gasteiger partial charge on any atom is -0.481 e. The number of carbonyl (C=O) groups is 1. The number of pyridine rings is 1. The van der Waals surface area contributed by atoms with E-state index in [1.165, 1.54) is 0 Å². The largest absolute Gasteiger partial charge is 0.481 e. The normalized spacial score (nSPS) is 10.1. The van der Waals surface area contributed by atoms with Gasteiger partial charge in [0.2, 0.25) is 0 Å². The van der Waals surface area contributed by atoms with E-state index in [1.807, 2.05) is 12.1 Å². The average Bonchev–Trinajstić information content (AvgIpc) is 2.38. The third kappa shape index (κ3) is 3.07. The van der Waals surface area contributed by atoms with Crippen LogP contribution in [0.3, 0.4) is 0 Å². The number of rotatable bonds is 4. The van der Waals surface area contributed by atoms with Gasteiger partial charge in [-0.2, -0.15) is 0 Å². The Kier molecular flexibility index (Phi) is 3.40. The fraction of sp³-hybridized carbons (Fsp3) is 0.167. The zero-order chi connectivity index (χ0) is 12.1. The summed E-state index contributed by atoms with van der Waals surface area (Å²) >= 11 is 0. The van der Waals surface area contributed by atoms with Crippen LogP contribution in [0.25, 0.3) is 11.4 Å². The lowest BCUT2D eigenvalue weighted by Crippen LogP contribution is -2.00. The lowest BCUT2D eigenvalue weighted by atomic mass is 10.2. The standard InChI is InChI=1S/C12H11N3O2/c16-11(17)4-3-10-5-7-14-12(15-10)9-2-1-6-13-8-9/h1-2,5-8H,3-4H2,(H,16,17). The first-order valence-corrected chi connectivity index (χ1v) is 5.20. The van der Waals surface area contributed by atoms with Gasteiger partial charge >= 0.3 is 5.97 Å². The molecular formula is C12H11N3O2. The van der Waals surface area contributed by atoms with Crippen molar-refractivity contribution in [3.63, 3.8) is 0 Å². The van der Waals surface area contributed by atoms with E-state index in [0.717, 1.165) is 11.3 Å². The van der Waals surface area contributed by atoms with Gasteiger partial charge in [-0.15, -0.1) is 0 Å². The molecule has 0 aliphatic carbocycles. The minimum atomic E-state index is -0.827. The fourth-order valence-electron chi connectivity index (χ4n) is 1.40. The van der Waals surface area contributed by atoms with Crippen molar-refractivity contribution in [2.75, 3.05) is 0 Å². The molecular weight excluding hydrogens is 218 g/mol. The summed E-state index contributed by atoms with van der Waals surface area (Å²) in [5, 5.41) is 8.61. The Morgan fingerprint density at radius 1 is 1.29 bits per heavy atom. The van der Waals surface area contributed by atoms with Crippen LogP contribution in [-0.2, 0) is 11.2 Å². The second-order valence-corrected chi connectivity index (χ2v) is 3.51. The first-order valence-electron chi connectivity index (χ1n) is 5.20. The van der Waals surface area contributed by atoms with Crippen LogP contribution in [0, 0.1) is 0 Å². The summed E-state index contributed by atoms with van der Waals surface area (Å²) in [5.74, 6) is -0.257. The van der Waals surface area contributed by atoms with Gasteiger partial charge in [-0.1, -0.05) is 0 Å². The van der Waals surface area contributed by atoms with Gasteiger partial charge in [0.1, 0.15) is 0 Å². The van der Waals surface area contributed by atoms with Crippen molar-refractivity contribution in [3.8, 4) is 11.4 Å². The highest BCUT2D eigenvalue weighted by Crippen LogP contribution is 2.12. The first-order chi connectivity index (χ1) is 8.25. The van der Waals surface area contributed by atoms with E-state index in [9.17, 15) is 4.79 Å². The molecule has 0 fully saturated rings. The molecule has 2 aromatic heterocycles. The molecule has 1 N–H and O–H groups in total. The molecule has 0 aromatic carbocycles. The van der Waals surface area contributed by atoms with E-state index in [0.29, 0.717) is 12.2 Å². The summed E-state index contributed by atoms with van der Waals surface area (Å²) in [6.07, 6.45) is 5.47. The smallest absolute Gasteiger partial charge is 0.303 e. The SMILES string of the molecule is O=C(O)CCc1ccnc(-c2cccnc2)n1. The highest BCUT2D eigenvalue weighted by molar-refractivity contribution is 5.67. The van der Waals surface area contributed by atoms with Crippen molar-refractivity contribution in [1.82, 2.24) is 15.0 Å². The molecule has 2 aromatic rings. The van der Waals surface area contributed by atoms with Gasteiger partial charge in [0.05, 0.1) is 6.42 Å². The number of carboxylic acids is 1. The third-order valence-electron chi connectivity index (χ3n) is 2.23. The molecule has 0 atom stereocenters. The maximum atomic E-state index is 10.5. The lowest BCUT2D eigenvalue weighted by molar-refractivity contribution is -0.136. The van der Waals surface area contributed by atoms with E-state index >= 15 is 0 Å². The molecule has 0 aliphatic rings. The first kappa shape index (κ1) is 11.2. The van der Waals surface area contributed by atoms with Crippen molar-refractivity contribution in [2.45, 2.75) is 12.8 Å². The summed E-state index contributed by atoms with van der Waals surface area (Å²) in [6, 6.07) is 5.40. The number of nitrogens with zero attached hydrogens (tertiary/aromatic N) is 3. The van der Waals surface area contributed by atoms with E-state index in [1.54, 1.807) is 24.7 Å². The predicted octanol–water partition coefficient (Wildman–Crippen LogP) is 1.56. The number of carboxylic acid groups (broad SMARTS) is 1. The van der Waals surface area contributed by atoms with Crippen LogP contribution in [0.2, 0.25) is 0 Å². The molecule has 0 amide bonds. The lowest BCUT2D eigenvalue weighted by Gasteiger charge is -2.02. The fourth-order valence-corrected chi connectivity index (χ4v) is 1.40. The topological polar surface area (TPSA) is 76.0 Å². The second kappa shape index (κ2) is 5.16. The Labute approximate surface area is 98.2 Å². The second-order valence-electron chi connectivity index (χ2n) is 3.51. The van der Waals surface area contributed by atoms with Crippen LogP contribution in [-0.4, -0.2) is 26.0 Å². The van der Waals surface area contributed by atoms with Gasteiger partial charge in [-0.25, -0.2) is 9.97 Å². The number of hydrogen-bond acceptors (Lipinski definition) is 4. The molecule has 86 valence electrons. The maximum absolute atomic E-state index is 10.5. The van der Waals surface area contributed by atoms with Gasteiger partial charge in [0, 0.05) is 36.3 Å². The van der Waals surface area contributed by atoms with Gasteiger partial charge in [0.15, 0.2) is 5.82 Å². The zero-order valence-corrected chi connectivity index (χ0v) is 9.08. The van der Waals surface area contributed by atoms with Crippen LogP contribution >= 0.6 is 0 Å². The van der Waals surface area contributed by atoms with Crippen LogP contribution in [0.15, 0.2) is 36.8 Å². The number of hydrogen-bond donors (Lipinski definition) is 1.